The number of hydrogen-bond donors (Lipinski definition) is 1. The first-order chi connectivity index (χ1) is 7.16. The highest BCUT2D eigenvalue weighted by atomic mass is 79.9. The van der Waals surface area contributed by atoms with Gasteiger partial charge in [-0.2, -0.15) is 0 Å². The molecular formula is C11H15BrO2S. The highest BCUT2D eigenvalue weighted by Crippen LogP contribution is 2.39. The lowest BCUT2D eigenvalue weighted by Gasteiger charge is -2.29. The van der Waals surface area contributed by atoms with Crippen LogP contribution in [0.4, 0.5) is 0 Å². The fourth-order valence-corrected chi connectivity index (χ4v) is 3.71. The normalized spacial score (nSPS) is 31.0. The molecule has 2 rings (SSSR count). The van der Waals surface area contributed by atoms with Crippen molar-refractivity contribution in [3.8, 4) is 0 Å². The maximum Gasteiger partial charge on any atom is 0.0629 e. The van der Waals surface area contributed by atoms with E-state index in [9.17, 15) is 5.11 Å². The van der Waals surface area contributed by atoms with Crippen molar-refractivity contribution < 1.29 is 9.84 Å². The average Bonchev–Trinajstić information content (AvgIpc) is 2.76. The maximum absolute atomic E-state index is 9.57. The molecule has 1 aliphatic rings. The summed E-state index contributed by atoms with van der Waals surface area (Å²) >= 11 is 5.19. The van der Waals surface area contributed by atoms with E-state index in [2.05, 4.69) is 34.3 Å². The molecule has 1 saturated heterocycles. The lowest BCUT2D eigenvalue weighted by atomic mass is 9.79. The summed E-state index contributed by atoms with van der Waals surface area (Å²) in [4.78, 5) is 1.31. The van der Waals surface area contributed by atoms with E-state index in [0.717, 1.165) is 23.9 Å². The Kier molecular flexibility index (Phi) is 3.50. The zero-order valence-electron chi connectivity index (χ0n) is 8.70. The molecular weight excluding hydrogens is 276 g/mol. The minimum Gasteiger partial charge on any atom is -0.396 e. The maximum atomic E-state index is 9.57. The third-order valence-corrected chi connectivity index (χ3v) is 4.99. The van der Waals surface area contributed by atoms with Crippen molar-refractivity contribution in [2.45, 2.75) is 25.9 Å². The van der Waals surface area contributed by atoms with Crippen LogP contribution in [0.5, 0.6) is 0 Å². The fraction of sp³-hybridized carbons (Fsp3) is 0.636. The predicted octanol–water partition coefficient (Wildman–Crippen LogP) is 2.84. The lowest BCUT2D eigenvalue weighted by molar-refractivity contribution is 0.0276. The molecule has 0 spiro atoms. The molecule has 15 heavy (non-hydrogen) atoms. The second-order valence-electron chi connectivity index (χ2n) is 4.19. The Morgan fingerprint density at radius 2 is 2.53 bits per heavy atom. The lowest BCUT2D eigenvalue weighted by Crippen LogP contribution is -2.34. The molecule has 0 aromatic carbocycles. The van der Waals surface area contributed by atoms with Crippen LogP contribution in [0.15, 0.2) is 15.9 Å². The Bertz CT molecular complexity index is 339. The van der Waals surface area contributed by atoms with Crippen molar-refractivity contribution in [3.05, 3.63) is 20.8 Å². The van der Waals surface area contributed by atoms with Gasteiger partial charge < -0.3 is 9.84 Å². The van der Waals surface area contributed by atoms with Gasteiger partial charge in [-0.1, -0.05) is 0 Å². The van der Waals surface area contributed by atoms with Crippen LogP contribution in [0.25, 0.3) is 0 Å². The number of hydrogen-bond acceptors (Lipinski definition) is 3. The van der Waals surface area contributed by atoms with Gasteiger partial charge in [-0.05, 0) is 41.8 Å². The first-order valence-electron chi connectivity index (χ1n) is 5.12. The molecule has 1 aromatic rings. The standard InChI is InChI=1S/C11H15BrO2S/c1-8-11(7-13,2-3-14-8)5-10-4-9(12)6-15-10/h4,6,8,13H,2-3,5,7H2,1H3. The summed E-state index contributed by atoms with van der Waals surface area (Å²) in [6.45, 7) is 3.05. The van der Waals surface area contributed by atoms with Crippen molar-refractivity contribution >= 4 is 27.3 Å². The van der Waals surface area contributed by atoms with Gasteiger partial charge in [0, 0.05) is 26.8 Å². The van der Waals surface area contributed by atoms with Crippen LogP contribution in [0, 0.1) is 5.41 Å². The Hall–Kier alpha value is 0.1000. The van der Waals surface area contributed by atoms with Crippen LogP contribution in [0.3, 0.4) is 0 Å². The molecule has 0 bridgehead atoms. The zero-order chi connectivity index (χ0) is 10.9. The van der Waals surface area contributed by atoms with E-state index in [1.807, 2.05) is 0 Å². The number of aliphatic hydroxyl groups excluding tert-OH is 1. The third kappa shape index (κ3) is 2.28. The van der Waals surface area contributed by atoms with Crippen LogP contribution < -0.4 is 0 Å². The molecule has 0 aliphatic carbocycles. The van der Waals surface area contributed by atoms with Gasteiger partial charge in [0.05, 0.1) is 12.7 Å². The van der Waals surface area contributed by atoms with E-state index in [1.165, 1.54) is 4.88 Å². The van der Waals surface area contributed by atoms with Crippen molar-refractivity contribution in [2.24, 2.45) is 5.41 Å². The summed E-state index contributed by atoms with van der Waals surface area (Å²) in [6, 6.07) is 2.13. The predicted molar refractivity (Wildman–Crippen MR) is 65.3 cm³/mol. The quantitative estimate of drug-likeness (QED) is 0.928. The molecule has 2 atom stereocenters. The monoisotopic (exact) mass is 290 g/mol. The van der Waals surface area contributed by atoms with Crippen molar-refractivity contribution in [3.63, 3.8) is 0 Å². The van der Waals surface area contributed by atoms with Crippen LogP contribution in [0.2, 0.25) is 0 Å². The smallest absolute Gasteiger partial charge is 0.0629 e. The Labute approximate surface area is 102 Å². The molecule has 0 radical (unpaired) electrons. The number of halogens is 1. The third-order valence-electron chi connectivity index (χ3n) is 3.29. The molecule has 0 amide bonds. The van der Waals surface area contributed by atoms with Gasteiger partial charge >= 0.3 is 0 Å². The van der Waals surface area contributed by atoms with E-state index >= 15 is 0 Å². The fourth-order valence-electron chi connectivity index (χ4n) is 2.11. The van der Waals surface area contributed by atoms with Gasteiger partial charge in [0.2, 0.25) is 0 Å². The molecule has 1 aromatic heterocycles. The summed E-state index contributed by atoms with van der Waals surface area (Å²) in [6.07, 6.45) is 2.03. The molecule has 2 heterocycles. The number of thiophene rings is 1. The molecule has 84 valence electrons. The molecule has 2 nitrogen and oxygen atoms in total. The van der Waals surface area contributed by atoms with E-state index < -0.39 is 0 Å². The summed E-state index contributed by atoms with van der Waals surface area (Å²) in [5.74, 6) is 0. The van der Waals surface area contributed by atoms with E-state index in [1.54, 1.807) is 11.3 Å². The highest BCUT2D eigenvalue weighted by molar-refractivity contribution is 9.10. The molecule has 1 N–H and O–H groups in total. The van der Waals surface area contributed by atoms with Gasteiger partial charge in [0.1, 0.15) is 0 Å². The summed E-state index contributed by atoms with van der Waals surface area (Å²) < 4.78 is 6.70. The Balaban J connectivity index is 2.14. The van der Waals surface area contributed by atoms with Gasteiger partial charge in [0.25, 0.3) is 0 Å². The largest absolute Gasteiger partial charge is 0.396 e. The Morgan fingerprint density at radius 3 is 3.00 bits per heavy atom. The zero-order valence-corrected chi connectivity index (χ0v) is 11.1. The van der Waals surface area contributed by atoms with Crippen molar-refractivity contribution in [1.82, 2.24) is 0 Å². The van der Waals surface area contributed by atoms with Gasteiger partial charge in [-0.3, -0.25) is 0 Å². The Morgan fingerprint density at radius 1 is 1.73 bits per heavy atom. The molecule has 1 aliphatic heterocycles. The number of ether oxygens (including phenoxy) is 1. The molecule has 4 heteroatoms. The second kappa shape index (κ2) is 4.53. The SMILES string of the molecule is CC1OCCC1(CO)Cc1cc(Br)cs1. The molecule has 2 unspecified atom stereocenters. The first kappa shape index (κ1) is 11.6. The average molecular weight is 291 g/mol. The van der Waals surface area contributed by atoms with Gasteiger partial charge in [-0.15, -0.1) is 11.3 Å². The van der Waals surface area contributed by atoms with E-state index in [4.69, 9.17) is 4.74 Å². The van der Waals surface area contributed by atoms with Crippen LogP contribution in [-0.2, 0) is 11.2 Å². The number of rotatable bonds is 3. The van der Waals surface area contributed by atoms with Crippen molar-refractivity contribution in [2.75, 3.05) is 13.2 Å². The minimum absolute atomic E-state index is 0.0652. The summed E-state index contributed by atoms with van der Waals surface area (Å²) in [5, 5.41) is 11.7. The first-order valence-corrected chi connectivity index (χ1v) is 6.79. The van der Waals surface area contributed by atoms with Crippen molar-refractivity contribution in [1.29, 1.82) is 0 Å². The van der Waals surface area contributed by atoms with E-state index in [-0.39, 0.29) is 18.1 Å². The molecule has 0 saturated carbocycles. The number of aliphatic hydroxyl groups is 1. The van der Waals surface area contributed by atoms with Gasteiger partial charge in [-0.25, -0.2) is 0 Å². The van der Waals surface area contributed by atoms with Crippen LogP contribution in [-0.4, -0.2) is 24.4 Å². The minimum atomic E-state index is -0.0652. The summed E-state index contributed by atoms with van der Waals surface area (Å²) in [7, 11) is 0. The second-order valence-corrected chi connectivity index (χ2v) is 6.10. The highest BCUT2D eigenvalue weighted by Gasteiger charge is 2.41. The van der Waals surface area contributed by atoms with E-state index in [0.29, 0.717) is 0 Å². The summed E-state index contributed by atoms with van der Waals surface area (Å²) in [5.41, 5.74) is -0.0652. The molecule has 1 fully saturated rings. The van der Waals surface area contributed by atoms with Crippen LogP contribution in [0.1, 0.15) is 18.2 Å². The van der Waals surface area contributed by atoms with Crippen LogP contribution >= 0.6 is 27.3 Å². The van der Waals surface area contributed by atoms with Gasteiger partial charge in [0.15, 0.2) is 0 Å². The topological polar surface area (TPSA) is 29.5 Å².